The number of para-hydroxylation sites is 1. The highest BCUT2D eigenvalue weighted by molar-refractivity contribution is 6.33. The average molecular weight is 289 g/mol. The van der Waals surface area contributed by atoms with Crippen LogP contribution < -0.4 is 15.8 Å². The Hall–Kier alpha value is -1.87. The molecule has 0 aliphatic carbocycles. The van der Waals surface area contributed by atoms with Gasteiger partial charge in [0.25, 0.3) is 0 Å². The van der Waals surface area contributed by atoms with Crippen LogP contribution in [0.2, 0.25) is 5.02 Å². The number of hydrogen-bond donors (Lipinski definition) is 2. The van der Waals surface area contributed by atoms with Gasteiger partial charge in [0.2, 0.25) is 0 Å². The van der Waals surface area contributed by atoms with Gasteiger partial charge in [0.1, 0.15) is 11.9 Å². The molecule has 3 nitrogen and oxygen atoms in total. The van der Waals surface area contributed by atoms with Crippen LogP contribution in [0.3, 0.4) is 0 Å². The van der Waals surface area contributed by atoms with Gasteiger partial charge in [-0.05, 0) is 36.2 Å². The summed E-state index contributed by atoms with van der Waals surface area (Å²) >= 11 is 6.06. The molecule has 0 radical (unpaired) electrons. The number of rotatable bonds is 3. The number of nitrogen functional groups attached to an aromatic ring is 1. The summed E-state index contributed by atoms with van der Waals surface area (Å²) in [6.45, 7) is 2.76. The molecule has 0 amide bonds. The Morgan fingerprint density at radius 3 is 2.95 bits per heavy atom. The van der Waals surface area contributed by atoms with Crippen molar-refractivity contribution in [3.63, 3.8) is 0 Å². The molecule has 0 spiro atoms. The maximum Gasteiger partial charge on any atom is 0.123 e. The van der Waals surface area contributed by atoms with Crippen molar-refractivity contribution in [2.75, 3.05) is 17.6 Å². The number of hydrogen-bond acceptors (Lipinski definition) is 3. The van der Waals surface area contributed by atoms with Crippen LogP contribution >= 0.6 is 11.6 Å². The van der Waals surface area contributed by atoms with Crippen molar-refractivity contribution in [3.05, 3.63) is 52.5 Å². The molecule has 104 valence electrons. The van der Waals surface area contributed by atoms with E-state index in [1.165, 1.54) is 5.56 Å². The minimum absolute atomic E-state index is 0.156. The molecule has 1 atom stereocenters. The normalized spacial score (nSPS) is 16.6. The van der Waals surface area contributed by atoms with Crippen LogP contribution in [-0.4, -0.2) is 12.6 Å². The Morgan fingerprint density at radius 1 is 1.35 bits per heavy atom. The van der Waals surface area contributed by atoms with E-state index in [0.29, 0.717) is 10.7 Å². The molecular weight excluding hydrogens is 272 g/mol. The summed E-state index contributed by atoms with van der Waals surface area (Å²) in [6.07, 6.45) is 1.09. The Morgan fingerprint density at radius 2 is 2.15 bits per heavy atom. The van der Waals surface area contributed by atoms with Gasteiger partial charge >= 0.3 is 0 Å². The lowest BCUT2D eigenvalue weighted by atomic mass is 10.1. The smallest absolute Gasteiger partial charge is 0.123 e. The van der Waals surface area contributed by atoms with Gasteiger partial charge in [-0.2, -0.15) is 0 Å². The molecule has 3 N–H and O–H groups in total. The lowest BCUT2D eigenvalue weighted by molar-refractivity contribution is 0.246. The third-order valence-electron chi connectivity index (χ3n) is 3.58. The van der Waals surface area contributed by atoms with Gasteiger partial charge in [-0.3, -0.25) is 0 Å². The fourth-order valence-electron chi connectivity index (χ4n) is 2.49. The first kappa shape index (κ1) is 13.1. The van der Waals surface area contributed by atoms with E-state index in [0.717, 1.165) is 30.0 Å². The van der Waals surface area contributed by atoms with Crippen molar-refractivity contribution in [1.29, 1.82) is 0 Å². The number of ether oxygens (including phenoxy) is 1. The van der Waals surface area contributed by atoms with Crippen LogP contribution in [0, 0.1) is 6.92 Å². The van der Waals surface area contributed by atoms with E-state index in [1.807, 2.05) is 37.3 Å². The van der Waals surface area contributed by atoms with Crippen LogP contribution in [0.1, 0.15) is 11.1 Å². The molecule has 1 heterocycles. The molecule has 0 saturated carbocycles. The summed E-state index contributed by atoms with van der Waals surface area (Å²) < 4.78 is 5.90. The fourth-order valence-corrected chi connectivity index (χ4v) is 2.65. The molecular formula is C16H17ClN2O. The Bertz CT molecular complexity index is 617. The molecule has 2 aromatic carbocycles. The predicted octanol–water partition coefficient (Wildman–Crippen LogP) is 3.65. The first-order chi connectivity index (χ1) is 9.63. The zero-order valence-electron chi connectivity index (χ0n) is 11.3. The minimum atomic E-state index is 0.156. The van der Waals surface area contributed by atoms with E-state index in [9.17, 15) is 0 Å². The van der Waals surface area contributed by atoms with E-state index in [-0.39, 0.29) is 6.10 Å². The maximum absolute atomic E-state index is 6.06. The number of anilines is 2. The molecule has 0 fully saturated rings. The second-order valence-corrected chi connectivity index (χ2v) is 5.53. The fraction of sp³-hybridized carbons (Fsp3) is 0.250. The third-order valence-corrected chi connectivity index (χ3v) is 3.91. The van der Waals surface area contributed by atoms with E-state index >= 15 is 0 Å². The maximum atomic E-state index is 6.06. The largest absolute Gasteiger partial charge is 0.488 e. The molecule has 4 heteroatoms. The minimum Gasteiger partial charge on any atom is -0.488 e. The molecule has 2 aromatic rings. The molecule has 0 aromatic heterocycles. The van der Waals surface area contributed by atoms with Gasteiger partial charge in [0, 0.05) is 12.1 Å². The molecule has 0 bridgehead atoms. The first-order valence-electron chi connectivity index (χ1n) is 6.67. The number of nitrogens with one attached hydrogen (secondary N) is 1. The Kier molecular flexibility index (Phi) is 3.45. The van der Waals surface area contributed by atoms with Gasteiger partial charge in [-0.25, -0.2) is 0 Å². The van der Waals surface area contributed by atoms with Gasteiger partial charge < -0.3 is 15.8 Å². The summed E-state index contributed by atoms with van der Waals surface area (Å²) in [7, 11) is 0. The molecule has 1 aliphatic heterocycles. The number of aryl methyl sites for hydroxylation is 1. The van der Waals surface area contributed by atoms with Gasteiger partial charge in [0.05, 0.1) is 17.3 Å². The first-order valence-corrected chi connectivity index (χ1v) is 7.05. The van der Waals surface area contributed by atoms with Gasteiger partial charge in [-0.15, -0.1) is 0 Å². The number of benzene rings is 2. The van der Waals surface area contributed by atoms with Gasteiger partial charge in [-0.1, -0.05) is 29.8 Å². The Balaban J connectivity index is 1.66. The molecule has 3 rings (SSSR count). The zero-order valence-corrected chi connectivity index (χ0v) is 12.1. The monoisotopic (exact) mass is 288 g/mol. The average Bonchev–Trinajstić information content (AvgIpc) is 2.84. The van der Waals surface area contributed by atoms with Crippen molar-refractivity contribution in [2.24, 2.45) is 0 Å². The second-order valence-electron chi connectivity index (χ2n) is 5.12. The van der Waals surface area contributed by atoms with Crippen molar-refractivity contribution >= 4 is 23.0 Å². The summed E-state index contributed by atoms with van der Waals surface area (Å²) in [4.78, 5) is 0. The van der Waals surface area contributed by atoms with Crippen LogP contribution in [0.25, 0.3) is 0 Å². The predicted molar refractivity (Wildman–Crippen MR) is 83.7 cm³/mol. The summed E-state index contributed by atoms with van der Waals surface area (Å²) in [5.74, 6) is 0.992. The lowest BCUT2D eigenvalue weighted by Crippen LogP contribution is -2.24. The van der Waals surface area contributed by atoms with E-state index < -0.39 is 0 Å². The highest BCUT2D eigenvalue weighted by atomic mass is 35.5. The number of fused-ring (bicyclic) bond motifs is 1. The van der Waals surface area contributed by atoms with Gasteiger partial charge in [0.15, 0.2) is 0 Å². The van der Waals surface area contributed by atoms with E-state index in [4.69, 9.17) is 22.1 Å². The molecule has 1 aliphatic rings. The Labute approximate surface area is 123 Å². The van der Waals surface area contributed by atoms with Crippen LogP contribution in [-0.2, 0) is 6.42 Å². The van der Waals surface area contributed by atoms with Crippen LogP contribution in [0.5, 0.6) is 5.75 Å². The number of halogens is 1. The highest BCUT2D eigenvalue weighted by Crippen LogP contribution is 2.30. The van der Waals surface area contributed by atoms with Crippen molar-refractivity contribution in [2.45, 2.75) is 19.4 Å². The van der Waals surface area contributed by atoms with Crippen molar-refractivity contribution in [1.82, 2.24) is 0 Å². The lowest BCUT2D eigenvalue weighted by Gasteiger charge is -2.15. The molecule has 0 saturated heterocycles. The highest BCUT2D eigenvalue weighted by Gasteiger charge is 2.22. The van der Waals surface area contributed by atoms with Crippen molar-refractivity contribution in [3.8, 4) is 5.75 Å². The standard InChI is InChI=1S/C16H17ClN2O/c1-10-6-14(18)13(17)8-15(10)19-9-12-7-11-4-2-3-5-16(11)20-12/h2-6,8,12,19H,7,9,18H2,1H3. The van der Waals surface area contributed by atoms with Crippen LogP contribution in [0.15, 0.2) is 36.4 Å². The van der Waals surface area contributed by atoms with E-state index in [2.05, 4.69) is 11.4 Å². The summed E-state index contributed by atoms with van der Waals surface area (Å²) in [5, 5.41) is 3.97. The number of nitrogens with two attached hydrogens (primary N) is 1. The summed E-state index contributed by atoms with van der Waals surface area (Å²) in [5.41, 5.74) is 9.75. The molecule has 20 heavy (non-hydrogen) atoms. The SMILES string of the molecule is Cc1cc(N)c(Cl)cc1NCC1Cc2ccccc2O1. The zero-order chi connectivity index (χ0) is 14.1. The molecule has 1 unspecified atom stereocenters. The summed E-state index contributed by atoms with van der Waals surface area (Å²) in [6, 6.07) is 11.9. The van der Waals surface area contributed by atoms with Crippen LogP contribution in [0.4, 0.5) is 11.4 Å². The topological polar surface area (TPSA) is 47.3 Å². The quantitative estimate of drug-likeness (QED) is 0.848. The second kappa shape index (κ2) is 5.25. The third kappa shape index (κ3) is 2.54. The van der Waals surface area contributed by atoms with Crippen molar-refractivity contribution < 1.29 is 4.74 Å². The van der Waals surface area contributed by atoms with E-state index in [1.54, 1.807) is 0 Å².